The Morgan fingerprint density at radius 2 is 1.94 bits per heavy atom. The molecule has 1 aromatic heterocycles. The van der Waals surface area contributed by atoms with Crippen LogP contribution >= 0.6 is 31.9 Å². The first kappa shape index (κ1) is 12.8. The van der Waals surface area contributed by atoms with Crippen molar-refractivity contribution in [2.24, 2.45) is 0 Å². The topological polar surface area (TPSA) is 17.8 Å². The van der Waals surface area contributed by atoms with Crippen LogP contribution in [0, 0.1) is 19.7 Å². The van der Waals surface area contributed by atoms with Crippen LogP contribution in [0.2, 0.25) is 0 Å². The average Bonchev–Trinajstić information content (AvgIpc) is 2.53. The van der Waals surface area contributed by atoms with Gasteiger partial charge in [0.2, 0.25) is 0 Å². The van der Waals surface area contributed by atoms with Gasteiger partial charge in [-0.3, -0.25) is 4.68 Å². The van der Waals surface area contributed by atoms with Crippen LogP contribution in [0.25, 0.3) is 0 Å². The Labute approximate surface area is 116 Å². The van der Waals surface area contributed by atoms with E-state index in [0.29, 0.717) is 11.0 Å². The lowest BCUT2D eigenvalue weighted by Crippen LogP contribution is -2.05. The van der Waals surface area contributed by atoms with Crippen molar-refractivity contribution in [1.29, 1.82) is 0 Å². The highest BCUT2D eigenvalue weighted by atomic mass is 79.9. The smallest absolute Gasteiger partial charge is 0.137 e. The molecule has 0 N–H and O–H groups in total. The molecule has 0 unspecified atom stereocenters. The molecule has 0 aliphatic heterocycles. The predicted molar refractivity (Wildman–Crippen MR) is 72.6 cm³/mol. The standard InChI is InChI=1S/C12H11Br2FN2/c1-7-11(13)8(2)17(16-7)6-9-4-3-5-10(15)12(9)14/h3-5H,6H2,1-2H3. The number of hydrogen-bond donors (Lipinski definition) is 0. The molecule has 0 spiro atoms. The van der Waals surface area contributed by atoms with Crippen LogP contribution in [0.15, 0.2) is 27.1 Å². The minimum atomic E-state index is -0.247. The molecule has 0 saturated heterocycles. The highest BCUT2D eigenvalue weighted by Crippen LogP contribution is 2.24. The highest BCUT2D eigenvalue weighted by Gasteiger charge is 2.11. The van der Waals surface area contributed by atoms with Crippen LogP contribution in [0.5, 0.6) is 0 Å². The van der Waals surface area contributed by atoms with Crippen molar-refractivity contribution in [2.75, 3.05) is 0 Å². The summed E-state index contributed by atoms with van der Waals surface area (Å²) in [6, 6.07) is 5.03. The number of aryl methyl sites for hydroxylation is 1. The summed E-state index contributed by atoms with van der Waals surface area (Å²) in [5, 5.41) is 4.40. The van der Waals surface area contributed by atoms with Crippen LogP contribution in [0.4, 0.5) is 4.39 Å². The zero-order valence-electron chi connectivity index (χ0n) is 9.47. The van der Waals surface area contributed by atoms with Crippen molar-refractivity contribution in [1.82, 2.24) is 9.78 Å². The minimum Gasteiger partial charge on any atom is -0.264 e. The van der Waals surface area contributed by atoms with Crippen molar-refractivity contribution in [3.05, 3.63) is 49.9 Å². The van der Waals surface area contributed by atoms with E-state index in [1.807, 2.05) is 24.6 Å². The molecule has 2 rings (SSSR count). The number of halogens is 3. The molecule has 5 heteroatoms. The van der Waals surface area contributed by atoms with E-state index in [1.54, 1.807) is 6.07 Å². The first-order chi connectivity index (χ1) is 8.00. The highest BCUT2D eigenvalue weighted by molar-refractivity contribution is 9.10. The Morgan fingerprint density at radius 1 is 1.24 bits per heavy atom. The molecule has 1 aromatic carbocycles. The fraction of sp³-hybridized carbons (Fsp3) is 0.250. The number of nitrogens with zero attached hydrogens (tertiary/aromatic N) is 2. The predicted octanol–water partition coefficient (Wildman–Crippen LogP) is 4.21. The van der Waals surface area contributed by atoms with Gasteiger partial charge in [0.05, 0.1) is 26.9 Å². The fourth-order valence-corrected chi connectivity index (χ4v) is 2.33. The van der Waals surface area contributed by atoms with Gasteiger partial charge in [-0.25, -0.2) is 4.39 Å². The van der Waals surface area contributed by atoms with Gasteiger partial charge in [0.1, 0.15) is 5.82 Å². The van der Waals surface area contributed by atoms with Crippen molar-refractivity contribution in [2.45, 2.75) is 20.4 Å². The van der Waals surface area contributed by atoms with Crippen LogP contribution < -0.4 is 0 Å². The summed E-state index contributed by atoms with van der Waals surface area (Å²) in [7, 11) is 0. The molecule has 0 bridgehead atoms. The summed E-state index contributed by atoms with van der Waals surface area (Å²) in [5.74, 6) is -0.247. The van der Waals surface area contributed by atoms with E-state index in [9.17, 15) is 4.39 Å². The van der Waals surface area contributed by atoms with E-state index < -0.39 is 0 Å². The van der Waals surface area contributed by atoms with Crippen molar-refractivity contribution >= 4 is 31.9 Å². The van der Waals surface area contributed by atoms with E-state index >= 15 is 0 Å². The summed E-state index contributed by atoms with van der Waals surface area (Å²) in [4.78, 5) is 0. The fourth-order valence-electron chi connectivity index (χ4n) is 1.66. The summed E-state index contributed by atoms with van der Waals surface area (Å²) in [5.41, 5.74) is 2.86. The van der Waals surface area contributed by atoms with E-state index in [1.165, 1.54) is 6.07 Å². The largest absolute Gasteiger partial charge is 0.264 e. The van der Waals surface area contributed by atoms with Crippen LogP contribution in [0.3, 0.4) is 0 Å². The third-order valence-electron chi connectivity index (χ3n) is 2.64. The maximum atomic E-state index is 13.4. The van der Waals surface area contributed by atoms with Crippen molar-refractivity contribution < 1.29 is 4.39 Å². The van der Waals surface area contributed by atoms with Gasteiger partial charge in [-0.05, 0) is 57.3 Å². The Balaban J connectivity index is 2.38. The Morgan fingerprint density at radius 3 is 2.53 bits per heavy atom. The van der Waals surface area contributed by atoms with Gasteiger partial charge in [0, 0.05) is 0 Å². The summed E-state index contributed by atoms with van der Waals surface area (Å²) in [6.07, 6.45) is 0. The lowest BCUT2D eigenvalue weighted by Gasteiger charge is -2.07. The van der Waals surface area contributed by atoms with Gasteiger partial charge in [-0.1, -0.05) is 12.1 Å². The molecule has 0 radical (unpaired) electrons. The normalized spacial score (nSPS) is 10.9. The van der Waals surface area contributed by atoms with Gasteiger partial charge >= 0.3 is 0 Å². The van der Waals surface area contributed by atoms with Crippen molar-refractivity contribution in [3.63, 3.8) is 0 Å². The molecule has 1 heterocycles. The minimum absolute atomic E-state index is 0.247. The summed E-state index contributed by atoms with van der Waals surface area (Å²) >= 11 is 6.74. The lowest BCUT2D eigenvalue weighted by molar-refractivity contribution is 0.607. The second-order valence-electron chi connectivity index (χ2n) is 3.86. The van der Waals surface area contributed by atoms with Gasteiger partial charge in [-0.15, -0.1) is 0 Å². The van der Waals surface area contributed by atoms with Crippen molar-refractivity contribution in [3.8, 4) is 0 Å². The number of aromatic nitrogens is 2. The summed E-state index contributed by atoms with van der Waals surface area (Å²) in [6.45, 7) is 4.47. The van der Waals surface area contributed by atoms with Crippen LogP contribution in [-0.2, 0) is 6.54 Å². The lowest BCUT2D eigenvalue weighted by atomic mass is 10.2. The van der Waals surface area contributed by atoms with Gasteiger partial charge in [-0.2, -0.15) is 5.10 Å². The number of rotatable bonds is 2. The van der Waals surface area contributed by atoms with Gasteiger partial charge < -0.3 is 0 Å². The third-order valence-corrected chi connectivity index (χ3v) is 4.68. The number of hydrogen-bond acceptors (Lipinski definition) is 1. The first-order valence-electron chi connectivity index (χ1n) is 5.13. The molecule has 2 aromatic rings. The SMILES string of the molecule is Cc1nn(Cc2cccc(F)c2Br)c(C)c1Br. The molecule has 0 atom stereocenters. The molecule has 0 fully saturated rings. The van der Waals surface area contributed by atoms with Gasteiger partial charge in [0.15, 0.2) is 0 Å². The zero-order valence-corrected chi connectivity index (χ0v) is 12.6. The van der Waals surface area contributed by atoms with E-state index in [2.05, 4.69) is 37.0 Å². The first-order valence-corrected chi connectivity index (χ1v) is 6.71. The second-order valence-corrected chi connectivity index (χ2v) is 5.44. The molecule has 0 aliphatic carbocycles. The molecular weight excluding hydrogens is 351 g/mol. The molecule has 2 nitrogen and oxygen atoms in total. The molecule has 0 aliphatic rings. The van der Waals surface area contributed by atoms with Crippen LogP contribution in [-0.4, -0.2) is 9.78 Å². The molecule has 0 amide bonds. The third kappa shape index (κ3) is 2.45. The molecule has 17 heavy (non-hydrogen) atoms. The zero-order chi connectivity index (χ0) is 12.6. The average molecular weight is 362 g/mol. The van der Waals surface area contributed by atoms with E-state index in [4.69, 9.17) is 0 Å². The van der Waals surface area contributed by atoms with E-state index in [-0.39, 0.29) is 5.82 Å². The second kappa shape index (κ2) is 4.90. The Kier molecular flexibility index (Phi) is 3.68. The summed E-state index contributed by atoms with van der Waals surface area (Å²) < 4.78 is 16.7. The Bertz CT molecular complexity index is 564. The number of benzene rings is 1. The van der Waals surface area contributed by atoms with E-state index in [0.717, 1.165) is 21.4 Å². The molecule has 90 valence electrons. The van der Waals surface area contributed by atoms with Gasteiger partial charge in [0.25, 0.3) is 0 Å². The molecular formula is C12H11Br2FN2. The Hall–Kier alpha value is -0.680. The maximum absolute atomic E-state index is 13.4. The molecule has 0 saturated carbocycles. The monoisotopic (exact) mass is 360 g/mol. The quantitative estimate of drug-likeness (QED) is 0.783. The van der Waals surface area contributed by atoms with Crippen LogP contribution in [0.1, 0.15) is 17.0 Å². The maximum Gasteiger partial charge on any atom is 0.137 e.